The van der Waals surface area contributed by atoms with Crippen molar-refractivity contribution >= 4 is 11.8 Å². The molecule has 0 radical (unpaired) electrons. The predicted molar refractivity (Wildman–Crippen MR) is 88.3 cm³/mol. The molecule has 0 aliphatic carbocycles. The fraction of sp³-hybridized carbons (Fsp3) is 0.263. The minimum Gasteiger partial charge on any atom is -0.352 e. The van der Waals surface area contributed by atoms with Crippen LogP contribution in [-0.2, 0) is 16.1 Å². The zero-order valence-corrected chi connectivity index (χ0v) is 13.7. The van der Waals surface area contributed by atoms with Crippen LogP contribution in [0.3, 0.4) is 0 Å². The maximum Gasteiger partial charge on any atom is 0.226 e. The van der Waals surface area contributed by atoms with Gasteiger partial charge in [0.05, 0.1) is 12.0 Å². The molecule has 130 valence electrons. The van der Waals surface area contributed by atoms with E-state index in [9.17, 15) is 18.4 Å². The topological polar surface area (TPSA) is 49.4 Å². The van der Waals surface area contributed by atoms with Gasteiger partial charge in [-0.2, -0.15) is 0 Å². The lowest BCUT2D eigenvalue weighted by molar-refractivity contribution is -0.128. The molecule has 25 heavy (non-hydrogen) atoms. The standard InChI is InChI=1S/C19H18F2N2O2/c1-23-17(24)10-16(18(23)13-4-8-15(21)9-5-13)19(25)22-11-12-2-6-14(20)7-3-12/h2-9,16,18H,10-11H2,1H3,(H,22,25)/t16-,18+/m0/s1. The molecule has 0 unspecified atom stereocenters. The van der Waals surface area contributed by atoms with Gasteiger partial charge >= 0.3 is 0 Å². The Morgan fingerprint density at radius 3 is 2.24 bits per heavy atom. The number of carbonyl (C=O) groups is 2. The van der Waals surface area contributed by atoms with Crippen LogP contribution >= 0.6 is 0 Å². The molecule has 1 fully saturated rings. The fourth-order valence-electron chi connectivity index (χ4n) is 3.14. The van der Waals surface area contributed by atoms with E-state index >= 15 is 0 Å². The first-order valence-corrected chi connectivity index (χ1v) is 7.99. The quantitative estimate of drug-likeness (QED) is 0.927. The number of carbonyl (C=O) groups excluding carboxylic acids is 2. The van der Waals surface area contributed by atoms with Crippen molar-refractivity contribution in [3.63, 3.8) is 0 Å². The van der Waals surface area contributed by atoms with E-state index in [2.05, 4.69) is 5.32 Å². The first-order valence-electron chi connectivity index (χ1n) is 7.99. The van der Waals surface area contributed by atoms with Crippen molar-refractivity contribution in [1.29, 1.82) is 0 Å². The van der Waals surface area contributed by atoms with Crippen LogP contribution in [-0.4, -0.2) is 23.8 Å². The van der Waals surface area contributed by atoms with Crippen LogP contribution in [0.2, 0.25) is 0 Å². The van der Waals surface area contributed by atoms with E-state index in [1.807, 2.05) is 0 Å². The Kier molecular flexibility index (Phi) is 4.79. The molecule has 0 aromatic heterocycles. The van der Waals surface area contributed by atoms with E-state index in [1.54, 1.807) is 31.3 Å². The summed E-state index contributed by atoms with van der Waals surface area (Å²) in [5.74, 6) is -1.64. The Labute approximate surface area is 144 Å². The third kappa shape index (κ3) is 3.68. The van der Waals surface area contributed by atoms with E-state index < -0.39 is 12.0 Å². The summed E-state index contributed by atoms with van der Waals surface area (Å²) in [6, 6.07) is 11.2. The van der Waals surface area contributed by atoms with E-state index in [4.69, 9.17) is 0 Å². The number of amides is 2. The first kappa shape index (κ1) is 17.1. The second-order valence-corrected chi connectivity index (χ2v) is 6.16. The highest BCUT2D eigenvalue weighted by Gasteiger charge is 2.42. The van der Waals surface area contributed by atoms with Crippen LogP contribution in [0, 0.1) is 17.6 Å². The summed E-state index contributed by atoms with van der Waals surface area (Å²) >= 11 is 0. The smallest absolute Gasteiger partial charge is 0.226 e. The molecule has 0 spiro atoms. The fourth-order valence-corrected chi connectivity index (χ4v) is 3.14. The summed E-state index contributed by atoms with van der Waals surface area (Å²) in [7, 11) is 1.64. The third-order valence-electron chi connectivity index (χ3n) is 4.51. The summed E-state index contributed by atoms with van der Waals surface area (Å²) in [6.45, 7) is 0.254. The molecule has 0 bridgehead atoms. The third-order valence-corrected chi connectivity index (χ3v) is 4.51. The SMILES string of the molecule is CN1C(=O)C[C@H](C(=O)NCc2ccc(F)cc2)[C@H]1c1ccc(F)cc1. The highest BCUT2D eigenvalue weighted by atomic mass is 19.1. The van der Waals surface area contributed by atoms with E-state index in [-0.39, 0.29) is 36.4 Å². The zero-order valence-electron chi connectivity index (χ0n) is 13.7. The Bertz CT molecular complexity index is 775. The van der Waals surface area contributed by atoms with Gasteiger partial charge in [0, 0.05) is 20.0 Å². The minimum absolute atomic E-state index is 0.105. The van der Waals surface area contributed by atoms with Crippen LogP contribution in [0.5, 0.6) is 0 Å². The monoisotopic (exact) mass is 344 g/mol. The van der Waals surface area contributed by atoms with Crippen molar-refractivity contribution in [2.75, 3.05) is 7.05 Å². The molecule has 1 aliphatic rings. The number of rotatable bonds is 4. The van der Waals surface area contributed by atoms with Crippen molar-refractivity contribution in [2.24, 2.45) is 5.92 Å². The molecule has 1 saturated heterocycles. The molecule has 2 aromatic carbocycles. The van der Waals surface area contributed by atoms with Gasteiger partial charge in [-0.15, -0.1) is 0 Å². The van der Waals surface area contributed by atoms with Gasteiger partial charge in [0.1, 0.15) is 11.6 Å². The molecule has 2 amide bonds. The summed E-state index contributed by atoms with van der Waals surface area (Å²) in [6.07, 6.45) is 0.105. The molecule has 4 nitrogen and oxygen atoms in total. The molecule has 3 rings (SSSR count). The van der Waals surface area contributed by atoms with Gasteiger partial charge in [0.25, 0.3) is 0 Å². The molecular formula is C19H18F2N2O2. The molecule has 2 aromatic rings. The number of hydrogen-bond acceptors (Lipinski definition) is 2. The maximum absolute atomic E-state index is 13.2. The maximum atomic E-state index is 13.2. The van der Waals surface area contributed by atoms with Gasteiger partial charge in [-0.05, 0) is 35.4 Å². The highest BCUT2D eigenvalue weighted by molar-refractivity contribution is 5.90. The molecule has 2 atom stereocenters. The summed E-state index contributed by atoms with van der Waals surface area (Å²) < 4.78 is 26.1. The number of nitrogens with one attached hydrogen (secondary N) is 1. The molecule has 0 saturated carbocycles. The van der Waals surface area contributed by atoms with Crippen molar-refractivity contribution < 1.29 is 18.4 Å². The van der Waals surface area contributed by atoms with Gasteiger partial charge in [0.2, 0.25) is 11.8 Å². The van der Waals surface area contributed by atoms with Crippen LogP contribution in [0.25, 0.3) is 0 Å². The van der Waals surface area contributed by atoms with E-state index in [1.165, 1.54) is 29.2 Å². The average Bonchev–Trinajstić information content (AvgIpc) is 2.90. The molecule has 1 aliphatic heterocycles. The van der Waals surface area contributed by atoms with Crippen LogP contribution in [0.1, 0.15) is 23.6 Å². The second-order valence-electron chi connectivity index (χ2n) is 6.16. The van der Waals surface area contributed by atoms with Crippen LogP contribution in [0.4, 0.5) is 8.78 Å². The number of hydrogen-bond donors (Lipinski definition) is 1. The summed E-state index contributed by atoms with van der Waals surface area (Å²) in [5, 5.41) is 2.80. The van der Waals surface area contributed by atoms with E-state index in [0.717, 1.165) is 11.1 Å². The molecular weight excluding hydrogens is 326 g/mol. The van der Waals surface area contributed by atoms with Gasteiger partial charge in [-0.1, -0.05) is 24.3 Å². The Morgan fingerprint density at radius 1 is 1.08 bits per heavy atom. The van der Waals surface area contributed by atoms with E-state index in [0.29, 0.717) is 0 Å². The Hall–Kier alpha value is -2.76. The van der Waals surface area contributed by atoms with Crippen LogP contribution < -0.4 is 5.32 Å². The van der Waals surface area contributed by atoms with Gasteiger partial charge in [-0.3, -0.25) is 9.59 Å². The summed E-state index contributed by atoms with van der Waals surface area (Å²) in [5.41, 5.74) is 1.49. The van der Waals surface area contributed by atoms with Crippen LogP contribution in [0.15, 0.2) is 48.5 Å². The Balaban J connectivity index is 1.74. The lowest BCUT2D eigenvalue weighted by Gasteiger charge is -2.25. The van der Waals surface area contributed by atoms with Crippen molar-refractivity contribution in [2.45, 2.75) is 19.0 Å². The normalized spacial score (nSPS) is 20.0. The van der Waals surface area contributed by atoms with Gasteiger partial charge in [-0.25, -0.2) is 8.78 Å². The lowest BCUT2D eigenvalue weighted by atomic mass is 9.93. The van der Waals surface area contributed by atoms with Crippen molar-refractivity contribution in [3.05, 3.63) is 71.3 Å². The number of nitrogens with zero attached hydrogens (tertiary/aromatic N) is 1. The van der Waals surface area contributed by atoms with Gasteiger partial charge in [0.15, 0.2) is 0 Å². The highest BCUT2D eigenvalue weighted by Crippen LogP contribution is 2.37. The minimum atomic E-state index is -0.552. The number of likely N-dealkylation sites (tertiary alicyclic amines) is 1. The molecule has 6 heteroatoms. The molecule has 1 N–H and O–H groups in total. The number of benzene rings is 2. The number of halogens is 2. The summed E-state index contributed by atoms with van der Waals surface area (Å²) in [4.78, 5) is 26.2. The van der Waals surface area contributed by atoms with Crippen molar-refractivity contribution in [1.82, 2.24) is 10.2 Å². The average molecular weight is 344 g/mol. The largest absolute Gasteiger partial charge is 0.352 e. The van der Waals surface area contributed by atoms with Gasteiger partial charge < -0.3 is 10.2 Å². The zero-order chi connectivity index (χ0) is 18.0. The lowest BCUT2D eigenvalue weighted by Crippen LogP contribution is -2.34. The Morgan fingerprint density at radius 2 is 1.64 bits per heavy atom. The predicted octanol–water partition coefficient (Wildman–Crippen LogP) is 2.80. The molecule has 1 heterocycles. The first-order chi connectivity index (χ1) is 12.0. The van der Waals surface area contributed by atoms with Crippen molar-refractivity contribution in [3.8, 4) is 0 Å². The second kappa shape index (κ2) is 7.01.